The third-order valence-electron chi connectivity index (χ3n) is 3.21. The van der Waals surface area contributed by atoms with E-state index in [1.165, 1.54) is 23.1 Å². The summed E-state index contributed by atoms with van der Waals surface area (Å²) >= 11 is 0. The molecule has 2 rings (SSSR count). The van der Waals surface area contributed by atoms with Gasteiger partial charge >= 0.3 is 5.97 Å². The quantitative estimate of drug-likeness (QED) is 0.823. The van der Waals surface area contributed by atoms with Gasteiger partial charge in [-0.05, 0) is 24.6 Å². The maximum absolute atomic E-state index is 12.3. The van der Waals surface area contributed by atoms with Gasteiger partial charge in [0.1, 0.15) is 0 Å². The number of hydrogen-bond acceptors (Lipinski definition) is 4. The van der Waals surface area contributed by atoms with Crippen LogP contribution in [-0.2, 0) is 10.0 Å². The predicted octanol–water partition coefficient (Wildman–Crippen LogP) is 0.149. The maximum Gasteiger partial charge on any atom is 0.335 e. The number of hydrogen-bond donors (Lipinski definition) is 2. The molecule has 1 saturated heterocycles. The van der Waals surface area contributed by atoms with Crippen molar-refractivity contribution in [3.63, 3.8) is 0 Å². The fourth-order valence-corrected chi connectivity index (χ4v) is 3.11. The van der Waals surface area contributed by atoms with Gasteiger partial charge in [0, 0.05) is 24.7 Å². The third-order valence-corrected chi connectivity index (χ3v) is 3.97. The molecule has 21 heavy (non-hydrogen) atoms. The number of carboxylic acid groups (broad SMARTS) is 1. The zero-order valence-electron chi connectivity index (χ0n) is 11.4. The van der Waals surface area contributed by atoms with E-state index in [1.54, 1.807) is 6.07 Å². The molecule has 0 bridgehead atoms. The molecule has 1 atom stereocenters. The van der Waals surface area contributed by atoms with Crippen molar-refractivity contribution in [1.82, 2.24) is 9.62 Å². The summed E-state index contributed by atoms with van der Waals surface area (Å²) in [5.74, 6) is -1.39. The number of likely N-dealkylation sites (tertiary alicyclic amines) is 1. The van der Waals surface area contributed by atoms with Crippen LogP contribution in [0.2, 0.25) is 0 Å². The Bertz CT molecular complexity index is 671. The van der Waals surface area contributed by atoms with Gasteiger partial charge in [-0.25, -0.2) is 17.9 Å². The van der Waals surface area contributed by atoms with E-state index in [0.717, 1.165) is 6.26 Å². The average Bonchev–Trinajstić information content (AvgIpc) is 2.84. The van der Waals surface area contributed by atoms with Crippen molar-refractivity contribution in [1.29, 1.82) is 0 Å². The highest BCUT2D eigenvalue weighted by Crippen LogP contribution is 2.15. The number of sulfonamides is 1. The number of carbonyl (C=O) groups is 2. The number of carboxylic acids is 1. The molecule has 2 N–H and O–H groups in total. The lowest BCUT2D eigenvalue weighted by Gasteiger charge is -2.17. The second-order valence-corrected chi connectivity index (χ2v) is 6.79. The summed E-state index contributed by atoms with van der Waals surface area (Å²) < 4.78 is 24.8. The Hall–Kier alpha value is -1.93. The minimum absolute atomic E-state index is 0.0471. The van der Waals surface area contributed by atoms with Crippen LogP contribution in [0, 0.1) is 0 Å². The fraction of sp³-hybridized carbons (Fsp3) is 0.385. The first-order valence-electron chi connectivity index (χ1n) is 6.36. The van der Waals surface area contributed by atoms with Crippen molar-refractivity contribution in [3.05, 3.63) is 35.4 Å². The SMILES string of the molecule is CS(=O)(=O)NC1CCN(C(=O)c2cccc(C(=O)O)c2)C1. The van der Waals surface area contributed by atoms with Gasteiger partial charge in [-0.15, -0.1) is 0 Å². The van der Waals surface area contributed by atoms with E-state index in [1.807, 2.05) is 0 Å². The zero-order valence-corrected chi connectivity index (χ0v) is 12.3. The van der Waals surface area contributed by atoms with Gasteiger partial charge in [-0.2, -0.15) is 0 Å². The highest BCUT2D eigenvalue weighted by molar-refractivity contribution is 7.88. The third kappa shape index (κ3) is 4.02. The first-order chi connectivity index (χ1) is 9.76. The molecular weight excluding hydrogens is 296 g/mol. The molecule has 0 spiro atoms. The zero-order chi connectivity index (χ0) is 15.6. The summed E-state index contributed by atoms with van der Waals surface area (Å²) in [4.78, 5) is 24.7. The van der Waals surface area contributed by atoms with E-state index >= 15 is 0 Å². The lowest BCUT2D eigenvalue weighted by Crippen LogP contribution is -2.37. The number of benzene rings is 1. The Morgan fingerprint density at radius 2 is 2.00 bits per heavy atom. The van der Waals surface area contributed by atoms with Gasteiger partial charge in [0.25, 0.3) is 5.91 Å². The average molecular weight is 312 g/mol. The Labute approximate surface area is 122 Å². The Morgan fingerprint density at radius 1 is 1.33 bits per heavy atom. The summed E-state index contributed by atoms with van der Waals surface area (Å²) in [5.41, 5.74) is 0.334. The van der Waals surface area contributed by atoms with Gasteiger partial charge in [-0.1, -0.05) is 6.07 Å². The molecule has 1 aliphatic heterocycles. The van der Waals surface area contributed by atoms with E-state index < -0.39 is 16.0 Å². The van der Waals surface area contributed by atoms with Crippen molar-refractivity contribution in [2.24, 2.45) is 0 Å². The molecular formula is C13H16N2O5S. The monoisotopic (exact) mass is 312 g/mol. The minimum Gasteiger partial charge on any atom is -0.478 e. The van der Waals surface area contributed by atoms with Gasteiger partial charge in [0.2, 0.25) is 10.0 Å². The van der Waals surface area contributed by atoms with Crippen molar-refractivity contribution in [2.75, 3.05) is 19.3 Å². The van der Waals surface area contributed by atoms with E-state index in [0.29, 0.717) is 13.0 Å². The van der Waals surface area contributed by atoms with Crippen LogP contribution in [-0.4, -0.2) is 55.7 Å². The summed E-state index contributed by atoms with van der Waals surface area (Å²) in [7, 11) is -3.30. The van der Waals surface area contributed by atoms with Crippen molar-refractivity contribution in [2.45, 2.75) is 12.5 Å². The molecule has 114 valence electrons. The van der Waals surface area contributed by atoms with Crippen LogP contribution >= 0.6 is 0 Å². The second kappa shape index (κ2) is 5.82. The number of amides is 1. The molecule has 1 aliphatic rings. The Kier molecular flexibility index (Phi) is 4.29. The lowest BCUT2D eigenvalue weighted by molar-refractivity contribution is 0.0697. The molecule has 1 fully saturated rings. The van der Waals surface area contributed by atoms with E-state index in [4.69, 9.17) is 5.11 Å². The first kappa shape index (κ1) is 15.5. The predicted molar refractivity (Wildman–Crippen MR) is 75.7 cm³/mol. The standard InChI is InChI=1S/C13H16N2O5S/c1-21(19,20)14-11-5-6-15(8-11)12(16)9-3-2-4-10(7-9)13(17)18/h2-4,7,11,14H,5-6,8H2,1H3,(H,17,18). The molecule has 0 saturated carbocycles. The van der Waals surface area contributed by atoms with Crippen LogP contribution < -0.4 is 4.72 Å². The molecule has 7 nitrogen and oxygen atoms in total. The van der Waals surface area contributed by atoms with Gasteiger partial charge in [0.15, 0.2) is 0 Å². The Balaban J connectivity index is 2.08. The number of carbonyl (C=O) groups excluding carboxylic acids is 1. The molecule has 8 heteroatoms. The number of rotatable bonds is 4. The van der Waals surface area contributed by atoms with Gasteiger partial charge in [0.05, 0.1) is 11.8 Å². The fourth-order valence-electron chi connectivity index (χ4n) is 2.31. The summed E-state index contributed by atoms with van der Waals surface area (Å²) in [6.45, 7) is 0.715. The lowest BCUT2D eigenvalue weighted by atomic mass is 10.1. The van der Waals surface area contributed by atoms with Crippen LogP contribution in [0.25, 0.3) is 0 Å². The van der Waals surface area contributed by atoms with Gasteiger partial charge in [-0.3, -0.25) is 4.79 Å². The summed E-state index contributed by atoms with van der Waals surface area (Å²) in [6, 6.07) is 5.50. The summed E-state index contributed by atoms with van der Waals surface area (Å²) in [5, 5.41) is 8.92. The molecule has 0 radical (unpaired) electrons. The van der Waals surface area contributed by atoms with Crippen LogP contribution in [0.1, 0.15) is 27.1 Å². The van der Waals surface area contributed by atoms with Crippen molar-refractivity contribution < 1.29 is 23.1 Å². The van der Waals surface area contributed by atoms with Crippen molar-refractivity contribution >= 4 is 21.9 Å². The molecule has 1 amide bonds. The molecule has 0 aromatic heterocycles. The van der Waals surface area contributed by atoms with Crippen LogP contribution in [0.4, 0.5) is 0 Å². The highest BCUT2D eigenvalue weighted by Gasteiger charge is 2.28. The number of nitrogens with zero attached hydrogens (tertiary/aromatic N) is 1. The van der Waals surface area contributed by atoms with E-state index in [-0.39, 0.29) is 29.6 Å². The van der Waals surface area contributed by atoms with Gasteiger partial charge < -0.3 is 10.0 Å². The van der Waals surface area contributed by atoms with Crippen molar-refractivity contribution in [3.8, 4) is 0 Å². The molecule has 1 aromatic carbocycles. The van der Waals surface area contributed by atoms with Crippen LogP contribution in [0.15, 0.2) is 24.3 Å². The van der Waals surface area contributed by atoms with Crippen LogP contribution in [0.5, 0.6) is 0 Å². The minimum atomic E-state index is -3.30. The highest BCUT2D eigenvalue weighted by atomic mass is 32.2. The molecule has 1 unspecified atom stereocenters. The number of nitrogens with one attached hydrogen (secondary N) is 1. The molecule has 1 heterocycles. The van der Waals surface area contributed by atoms with E-state index in [2.05, 4.69) is 4.72 Å². The smallest absolute Gasteiger partial charge is 0.335 e. The maximum atomic E-state index is 12.3. The first-order valence-corrected chi connectivity index (χ1v) is 8.25. The van der Waals surface area contributed by atoms with Crippen LogP contribution in [0.3, 0.4) is 0 Å². The van der Waals surface area contributed by atoms with E-state index in [9.17, 15) is 18.0 Å². The second-order valence-electron chi connectivity index (χ2n) is 5.01. The Morgan fingerprint density at radius 3 is 2.62 bits per heavy atom. The normalized spacial score (nSPS) is 18.7. The topological polar surface area (TPSA) is 104 Å². The summed E-state index contributed by atoms with van der Waals surface area (Å²) in [6.07, 6.45) is 1.62. The molecule has 0 aliphatic carbocycles. The largest absolute Gasteiger partial charge is 0.478 e. The molecule has 1 aromatic rings. The number of aromatic carboxylic acids is 1.